The highest BCUT2D eigenvalue weighted by molar-refractivity contribution is 7.89. The number of sulfonamides is 1. The van der Waals surface area contributed by atoms with E-state index in [-0.39, 0.29) is 22.3 Å². The second kappa shape index (κ2) is 10.2. The van der Waals surface area contributed by atoms with Gasteiger partial charge in [0, 0.05) is 24.5 Å². The predicted octanol–water partition coefficient (Wildman–Crippen LogP) is 5.00. The summed E-state index contributed by atoms with van der Waals surface area (Å²) in [7, 11) is -3.70. The number of benzene rings is 2. The van der Waals surface area contributed by atoms with Gasteiger partial charge >= 0.3 is 0 Å². The number of fused-ring (bicyclic) bond motifs is 1. The van der Waals surface area contributed by atoms with Crippen molar-refractivity contribution >= 4 is 27.4 Å². The molecule has 0 fully saturated rings. The maximum Gasteiger partial charge on any atom is 0.255 e. The number of pyridine rings is 1. The Hall–Kier alpha value is -3.49. The van der Waals surface area contributed by atoms with Crippen LogP contribution in [0.5, 0.6) is 0 Å². The molecule has 1 amide bonds. The molecule has 1 aliphatic carbocycles. The van der Waals surface area contributed by atoms with Crippen molar-refractivity contribution in [1.82, 2.24) is 15.0 Å². The molecule has 3 aromatic rings. The Morgan fingerprint density at radius 1 is 1.17 bits per heavy atom. The number of carbonyl (C=O) groups is 1. The van der Waals surface area contributed by atoms with Gasteiger partial charge in [0.05, 0.1) is 10.5 Å². The van der Waals surface area contributed by atoms with E-state index >= 15 is 0 Å². The first kappa shape index (κ1) is 25.6. The highest BCUT2D eigenvalue weighted by atomic mass is 32.2. The first-order valence-corrected chi connectivity index (χ1v) is 13.5. The molecule has 0 bridgehead atoms. The fraction of sp³-hybridized carbons (Fsp3) is 0.286. The normalized spacial score (nSPS) is 16.2. The molecule has 0 aliphatic heterocycles. The van der Waals surface area contributed by atoms with Gasteiger partial charge in [-0.2, -0.15) is 0 Å². The summed E-state index contributed by atoms with van der Waals surface area (Å²) >= 11 is 0. The van der Waals surface area contributed by atoms with Crippen LogP contribution in [0.1, 0.15) is 60.3 Å². The molecular formula is C28H32N4O3S. The molecule has 1 aromatic heterocycles. The average Bonchev–Trinajstić information content (AvgIpc) is 3.11. The van der Waals surface area contributed by atoms with E-state index < -0.39 is 10.0 Å². The van der Waals surface area contributed by atoms with E-state index in [4.69, 9.17) is 0 Å². The summed E-state index contributed by atoms with van der Waals surface area (Å²) in [6.07, 6.45) is 4.71. The number of aromatic nitrogens is 1. The Kier molecular flexibility index (Phi) is 7.28. The Bertz CT molecular complexity index is 1380. The van der Waals surface area contributed by atoms with Crippen molar-refractivity contribution in [3.05, 3.63) is 95.7 Å². The third-order valence-corrected chi connectivity index (χ3v) is 8.02. The van der Waals surface area contributed by atoms with Crippen LogP contribution in [0.3, 0.4) is 0 Å². The molecule has 1 heterocycles. The van der Waals surface area contributed by atoms with E-state index in [0.717, 1.165) is 28.8 Å². The third-order valence-electron chi connectivity index (χ3n) is 6.53. The number of anilines is 2. The Morgan fingerprint density at radius 3 is 2.61 bits per heavy atom. The topological polar surface area (TPSA) is 100 Å². The maximum atomic E-state index is 13.2. The molecule has 0 spiro atoms. The quantitative estimate of drug-likeness (QED) is 0.356. The van der Waals surface area contributed by atoms with Gasteiger partial charge in [0.15, 0.2) is 0 Å². The van der Waals surface area contributed by atoms with Crippen molar-refractivity contribution in [3.63, 3.8) is 0 Å². The first-order valence-electron chi connectivity index (χ1n) is 12.0. The van der Waals surface area contributed by atoms with E-state index in [1.54, 1.807) is 36.5 Å². The van der Waals surface area contributed by atoms with Crippen LogP contribution >= 0.6 is 0 Å². The number of aryl methyl sites for hydroxylation is 1. The summed E-state index contributed by atoms with van der Waals surface area (Å²) in [6.45, 7) is 10.2. The van der Waals surface area contributed by atoms with Gasteiger partial charge in [-0.15, -0.1) is 6.58 Å². The predicted molar refractivity (Wildman–Crippen MR) is 143 cm³/mol. The maximum absolute atomic E-state index is 13.2. The second-order valence-electron chi connectivity index (χ2n) is 9.58. The minimum Gasteiger partial charge on any atom is -0.348 e. The van der Waals surface area contributed by atoms with Crippen molar-refractivity contribution in [2.24, 2.45) is 0 Å². The molecule has 3 N–H and O–H groups in total. The fourth-order valence-corrected chi connectivity index (χ4v) is 5.84. The van der Waals surface area contributed by atoms with Crippen molar-refractivity contribution < 1.29 is 13.2 Å². The van der Waals surface area contributed by atoms with Crippen molar-refractivity contribution in [2.45, 2.75) is 50.0 Å². The van der Waals surface area contributed by atoms with Crippen LogP contribution in [-0.4, -0.2) is 25.9 Å². The van der Waals surface area contributed by atoms with E-state index in [9.17, 15) is 13.2 Å². The highest BCUT2D eigenvalue weighted by Crippen LogP contribution is 2.46. The lowest BCUT2D eigenvalue weighted by Crippen LogP contribution is -2.28. The highest BCUT2D eigenvalue weighted by Gasteiger charge is 2.39. The number of carbonyl (C=O) groups excluding carboxylic acids is 1. The molecule has 2 aromatic carbocycles. The van der Waals surface area contributed by atoms with Crippen LogP contribution < -0.4 is 15.4 Å². The summed E-state index contributed by atoms with van der Waals surface area (Å²) in [5, 5.41) is 6.01. The smallest absolute Gasteiger partial charge is 0.255 e. The van der Waals surface area contributed by atoms with Crippen LogP contribution in [0, 0.1) is 0 Å². The number of rotatable bonds is 9. The molecule has 188 valence electrons. The largest absolute Gasteiger partial charge is 0.348 e. The second-order valence-corrected chi connectivity index (χ2v) is 11.3. The summed E-state index contributed by atoms with van der Waals surface area (Å²) in [4.78, 5) is 17.2. The molecule has 8 heteroatoms. The van der Waals surface area contributed by atoms with Crippen LogP contribution in [0.15, 0.2) is 78.3 Å². The Balaban J connectivity index is 1.62. The van der Waals surface area contributed by atoms with Gasteiger partial charge in [0.25, 0.3) is 5.91 Å². The molecule has 0 radical (unpaired) electrons. The van der Waals surface area contributed by atoms with Gasteiger partial charge in [0.2, 0.25) is 10.0 Å². The molecule has 1 atom stereocenters. The number of nitrogens with zero attached hydrogens (tertiary/aromatic N) is 1. The lowest BCUT2D eigenvalue weighted by atomic mass is 9.86. The van der Waals surface area contributed by atoms with E-state index in [0.29, 0.717) is 24.3 Å². The summed E-state index contributed by atoms with van der Waals surface area (Å²) < 4.78 is 29.3. The molecule has 1 unspecified atom stereocenters. The SMILES string of the molecule is C=CCNC(=O)c1cccnc1Nc1ccc2c(c1)C(NS(=O)(=O)c1ccc(CC)cc1)CC2(C)C. The monoisotopic (exact) mass is 504 g/mol. The first-order chi connectivity index (χ1) is 17.1. The standard InChI is InChI=1S/C28H32N4O3S/c1-5-15-30-27(33)22-8-7-16-29-26(22)31-20-11-14-24-23(17-20)25(18-28(24,3)4)32-36(34,35)21-12-9-19(6-2)10-13-21/h5,7-14,16-17,25,32H,1,6,15,18H2,2-4H3,(H,29,31)(H,30,33). The van der Waals surface area contributed by atoms with Gasteiger partial charge in [0.1, 0.15) is 5.82 Å². The van der Waals surface area contributed by atoms with E-state index in [1.807, 2.05) is 37.3 Å². The van der Waals surface area contributed by atoms with Crippen LogP contribution in [0.4, 0.5) is 11.5 Å². The molecule has 36 heavy (non-hydrogen) atoms. The zero-order chi connectivity index (χ0) is 25.9. The summed E-state index contributed by atoms with van der Waals surface area (Å²) in [5.41, 5.74) is 4.02. The van der Waals surface area contributed by atoms with Crippen LogP contribution in [0.2, 0.25) is 0 Å². The number of nitrogens with one attached hydrogen (secondary N) is 3. The van der Waals surface area contributed by atoms with Gasteiger partial charge in [-0.05, 0) is 71.3 Å². The zero-order valence-electron chi connectivity index (χ0n) is 20.8. The molecule has 4 rings (SSSR count). The van der Waals surface area contributed by atoms with Gasteiger partial charge in [-0.25, -0.2) is 18.1 Å². The molecule has 7 nitrogen and oxygen atoms in total. The minimum absolute atomic E-state index is 0.201. The molecule has 1 aliphatic rings. The zero-order valence-corrected chi connectivity index (χ0v) is 21.7. The fourth-order valence-electron chi connectivity index (χ4n) is 4.63. The van der Waals surface area contributed by atoms with Crippen LogP contribution in [-0.2, 0) is 21.9 Å². The lowest BCUT2D eigenvalue weighted by Gasteiger charge is -2.19. The molecule has 0 saturated carbocycles. The van der Waals surface area contributed by atoms with Crippen molar-refractivity contribution in [2.75, 3.05) is 11.9 Å². The summed E-state index contributed by atoms with van der Waals surface area (Å²) in [5.74, 6) is 0.164. The van der Waals surface area contributed by atoms with Crippen molar-refractivity contribution in [3.8, 4) is 0 Å². The van der Waals surface area contributed by atoms with Gasteiger partial charge in [-0.3, -0.25) is 4.79 Å². The Labute approximate surface area is 213 Å². The molecule has 0 saturated heterocycles. The average molecular weight is 505 g/mol. The van der Waals surface area contributed by atoms with E-state index in [1.165, 1.54) is 0 Å². The van der Waals surface area contributed by atoms with Gasteiger partial charge in [-0.1, -0.05) is 45.0 Å². The van der Waals surface area contributed by atoms with Crippen molar-refractivity contribution in [1.29, 1.82) is 0 Å². The molecular weight excluding hydrogens is 472 g/mol. The summed E-state index contributed by atoms with van der Waals surface area (Å²) in [6, 6.07) is 15.9. The van der Waals surface area contributed by atoms with E-state index in [2.05, 4.69) is 40.8 Å². The Morgan fingerprint density at radius 2 is 1.92 bits per heavy atom. The lowest BCUT2D eigenvalue weighted by molar-refractivity contribution is 0.0958. The minimum atomic E-state index is -3.70. The van der Waals surface area contributed by atoms with Gasteiger partial charge < -0.3 is 10.6 Å². The number of hydrogen-bond donors (Lipinski definition) is 3. The third kappa shape index (κ3) is 5.34. The number of amides is 1. The van der Waals surface area contributed by atoms with Crippen LogP contribution in [0.25, 0.3) is 0 Å². The number of hydrogen-bond acceptors (Lipinski definition) is 5.